The summed E-state index contributed by atoms with van der Waals surface area (Å²) in [5, 5.41) is 3.65. The fourth-order valence-electron chi connectivity index (χ4n) is 2.96. The van der Waals surface area contributed by atoms with Crippen molar-refractivity contribution in [1.82, 2.24) is 19.2 Å². The van der Waals surface area contributed by atoms with Gasteiger partial charge in [-0.15, -0.1) is 5.10 Å². The summed E-state index contributed by atoms with van der Waals surface area (Å²) in [5.74, 6) is -0.170. The van der Waals surface area contributed by atoms with E-state index in [1.165, 1.54) is 11.7 Å². The molecule has 0 N–H and O–H groups in total. The molecule has 0 radical (unpaired) electrons. The maximum absolute atomic E-state index is 12.9. The van der Waals surface area contributed by atoms with Crippen LogP contribution in [0.3, 0.4) is 0 Å². The molecule has 0 amide bonds. The van der Waals surface area contributed by atoms with E-state index in [4.69, 9.17) is 17.0 Å². The topological polar surface area (TPSA) is 38.5 Å². The van der Waals surface area contributed by atoms with Crippen LogP contribution in [-0.2, 0) is 19.9 Å². The van der Waals surface area contributed by atoms with Crippen molar-refractivity contribution in [3.05, 3.63) is 34.9 Å². The summed E-state index contributed by atoms with van der Waals surface area (Å²) in [6.45, 7) is 3.23. The minimum Gasteiger partial charge on any atom is -0.497 e. The fourth-order valence-corrected chi connectivity index (χ4v) is 3.14. The summed E-state index contributed by atoms with van der Waals surface area (Å²) in [4.78, 5) is 4.28. The van der Waals surface area contributed by atoms with Gasteiger partial charge in [-0.2, -0.15) is 13.2 Å². The second-order valence-corrected chi connectivity index (χ2v) is 6.47. The van der Waals surface area contributed by atoms with Crippen molar-refractivity contribution in [3.63, 3.8) is 0 Å². The molecule has 10 heteroatoms. The first kappa shape index (κ1) is 18.7. The molecule has 0 saturated carbocycles. The second-order valence-electron chi connectivity index (χ2n) is 6.11. The molecule has 1 aromatic heterocycles. The smallest absolute Gasteiger partial charge is 0.451 e. The summed E-state index contributed by atoms with van der Waals surface area (Å²) in [6.07, 6.45) is -4.51. The average Bonchev–Trinajstić information content (AvgIpc) is 2.91. The number of rotatable bonds is 4. The number of methoxy groups -OCH3 is 1. The van der Waals surface area contributed by atoms with Gasteiger partial charge in [0.2, 0.25) is 5.82 Å². The van der Waals surface area contributed by atoms with Crippen molar-refractivity contribution in [2.24, 2.45) is 7.05 Å². The highest BCUT2D eigenvalue weighted by Crippen LogP contribution is 2.27. The van der Waals surface area contributed by atoms with E-state index in [0.717, 1.165) is 29.1 Å². The van der Waals surface area contributed by atoms with Crippen molar-refractivity contribution in [2.75, 3.05) is 38.2 Å². The monoisotopic (exact) mass is 387 g/mol. The molecular weight excluding hydrogens is 367 g/mol. The van der Waals surface area contributed by atoms with Gasteiger partial charge in [0.25, 0.3) is 0 Å². The molecule has 1 aromatic carbocycles. The molecule has 1 fully saturated rings. The Morgan fingerprint density at radius 1 is 1.12 bits per heavy atom. The standard InChI is InChI=1S/C16H20F3N5OS/c1-21-14(16(17,18)19)20-24(15(21)26)11-22-7-9-23(10-8-22)12-3-5-13(25-2)6-4-12/h3-6H,7-11H2,1-2H3. The Balaban J connectivity index is 1.63. The van der Waals surface area contributed by atoms with Gasteiger partial charge in [-0.25, -0.2) is 4.68 Å². The van der Waals surface area contributed by atoms with Crippen LogP contribution < -0.4 is 9.64 Å². The largest absolute Gasteiger partial charge is 0.497 e. The number of aromatic nitrogens is 3. The number of hydrogen-bond donors (Lipinski definition) is 0. The van der Waals surface area contributed by atoms with Crippen LogP contribution in [0.2, 0.25) is 0 Å². The number of benzene rings is 1. The highest BCUT2D eigenvalue weighted by atomic mass is 32.1. The summed E-state index contributed by atoms with van der Waals surface area (Å²) < 4.78 is 46.2. The number of ether oxygens (including phenoxy) is 1. The lowest BCUT2D eigenvalue weighted by molar-refractivity contribution is -0.147. The first-order valence-electron chi connectivity index (χ1n) is 8.12. The number of nitrogens with zero attached hydrogens (tertiary/aromatic N) is 5. The van der Waals surface area contributed by atoms with Gasteiger partial charge in [0.1, 0.15) is 5.75 Å². The van der Waals surface area contributed by atoms with Gasteiger partial charge in [-0.1, -0.05) is 0 Å². The van der Waals surface area contributed by atoms with E-state index in [9.17, 15) is 13.2 Å². The van der Waals surface area contributed by atoms with E-state index in [2.05, 4.69) is 10.00 Å². The highest BCUT2D eigenvalue weighted by Gasteiger charge is 2.37. The van der Waals surface area contributed by atoms with E-state index in [1.807, 2.05) is 29.2 Å². The average molecular weight is 387 g/mol. The van der Waals surface area contributed by atoms with E-state index >= 15 is 0 Å². The number of hydrogen-bond acceptors (Lipinski definition) is 5. The van der Waals surface area contributed by atoms with Crippen LogP contribution in [-0.4, -0.2) is 52.5 Å². The van der Waals surface area contributed by atoms with Crippen molar-refractivity contribution < 1.29 is 17.9 Å². The van der Waals surface area contributed by atoms with Crippen LogP contribution in [0.4, 0.5) is 18.9 Å². The first-order valence-corrected chi connectivity index (χ1v) is 8.53. The minimum atomic E-state index is -4.51. The van der Waals surface area contributed by atoms with Gasteiger partial charge in [-0.3, -0.25) is 9.47 Å². The second kappa shape index (κ2) is 7.28. The molecule has 2 aromatic rings. The van der Waals surface area contributed by atoms with E-state index in [-0.39, 0.29) is 11.4 Å². The van der Waals surface area contributed by atoms with Crippen molar-refractivity contribution in [1.29, 1.82) is 0 Å². The maximum atomic E-state index is 12.9. The molecule has 0 spiro atoms. The summed E-state index contributed by atoms with van der Waals surface area (Å²) in [6, 6.07) is 7.82. The molecule has 26 heavy (non-hydrogen) atoms. The molecule has 0 unspecified atom stereocenters. The third-order valence-corrected chi connectivity index (χ3v) is 4.92. The lowest BCUT2D eigenvalue weighted by Crippen LogP contribution is -2.47. The highest BCUT2D eigenvalue weighted by molar-refractivity contribution is 7.71. The van der Waals surface area contributed by atoms with Crippen LogP contribution in [0.1, 0.15) is 5.82 Å². The molecule has 6 nitrogen and oxygen atoms in total. The van der Waals surface area contributed by atoms with Crippen LogP contribution >= 0.6 is 12.2 Å². The van der Waals surface area contributed by atoms with Crippen molar-refractivity contribution >= 4 is 17.9 Å². The van der Waals surface area contributed by atoms with E-state index in [0.29, 0.717) is 13.1 Å². The van der Waals surface area contributed by atoms with Crippen LogP contribution in [0.25, 0.3) is 0 Å². The SMILES string of the molecule is COc1ccc(N2CCN(Cn3nc(C(F)(F)F)n(C)c3=S)CC2)cc1. The Morgan fingerprint density at radius 2 is 1.73 bits per heavy atom. The van der Waals surface area contributed by atoms with Gasteiger partial charge < -0.3 is 9.64 Å². The van der Waals surface area contributed by atoms with Crippen LogP contribution in [0.15, 0.2) is 24.3 Å². The summed E-state index contributed by atoms with van der Waals surface area (Å²) >= 11 is 5.09. The van der Waals surface area contributed by atoms with Gasteiger partial charge in [-0.05, 0) is 36.5 Å². The lowest BCUT2D eigenvalue weighted by atomic mass is 10.2. The molecule has 1 aliphatic heterocycles. The maximum Gasteiger partial charge on any atom is 0.451 e. The van der Waals surface area contributed by atoms with Gasteiger partial charge >= 0.3 is 6.18 Å². The van der Waals surface area contributed by atoms with Crippen LogP contribution in [0.5, 0.6) is 5.75 Å². The lowest BCUT2D eigenvalue weighted by Gasteiger charge is -2.35. The van der Waals surface area contributed by atoms with E-state index < -0.39 is 12.0 Å². The van der Waals surface area contributed by atoms with Gasteiger partial charge in [0.15, 0.2) is 4.77 Å². The Hall–Kier alpha value is -2.07. The molecule has 0 bridgehead atoms. The third kappa shape index (κ3) is 3.85. The van der Waals surface area contributed by atoms with E-state index in [1.54, 1.807) is 7.11 Å². The number of piperazine rings is 1. The van der Waals surface area contributed by atoms with Crippen LogP contribution in [0, 0.1) is 4.77 Å². The van der Waals surface area contributed by atoms with Crippen molar-refractivity contribution in [3.8, 4) is 5.75 Å². The molecule has 3 rings (SSSR count). The zero-order valence-electron chi connectivity index (χ0n) is 14.5. The minimum absolute atomic E-state index is 0.0647. The number of anilines is 1. The Kier molecular flexibility index (Phi) is 5.24. The molecule has 142 valence electrons. The quantitative estimate of drug-likeness (QED) is 0.755. The number of alkyl halides is 3. The predicted octanol–water partition coefficient (Wildman–Crippen LogP) is 2.76. The van der Waals surface area contributed by atoms with Gasteiger partial charge in [0, 0.05) is 38.9 Å². The zero-order chi connectivity index (χ0) is 18.9. The molecular formula is C16H20F3N5OS. The molecule has 2 heterocycles. The normalized spacial score (nSPS) is 16.1. The molecule has 1 aliphatic rings. The summed E-state index contributed by atoms with van der Waals surface area (Å²) in [5.41, 5.74) is 1.10. The Labute approximate surface area is 154 Å². The summed E-state index contributed by atoms with van der Waals surface area (Å²) in [7, 11) is 2.91. The molecule has 0 aliphatic carbocycles. The molecule has 1 saturated heterocycles. The Bertz CT molecular complexity index is 807. The van der Waals surface area contributed by atoms with Gasteiger partial charge in [0.05, 0.1) is 13.8 Å². The first-order chi connectivity index (χ1) is 12.3. The fraction of sp³-hybridized carbons (Fsp3) is 0.500. The predicted molar refractivity (Wildman–Crippen MR) is 93.8 cm³/mol. The van der Waals surface area contributed by atoms with Crippen molar-refractivity contribution in [2.45, 2.75) is 12.8 Å². The molecule has 0 atom stereocenters. The Morgan fingerprint density at radius 3 is 2.23 bits per heavy atom. The third-order valence-electron chi connectivity index (χ3n) is 4.44. The number of halogens is 3. The zero-order valence-corrected chi connectivity index (χ0v) is 15.3.